The van der Waals surface area contributed by atoms with Gasteiger partial charge in [0.05, 0.1) is 0 Å². The smallest absolute Gasteiger partial charge is 0.220 e. The van der Waals surface area contributed by atoms with Crippen molar-refractivity contribution in [2.45, 2.75) is 38.6 Å². The summed E-state index contributed by atoms with van der Waals surface area (Å²) in [5, 5.41) is 7.14. The molecule has 1 aromatic heterocycles. The maximum atomic E-state index is 11.4. The molecule has 1 aliphatic carbocycles. The van der Waals surface area contributed by atoms with Crippen LogP contribution in [0.5, 0.6) is 0 Å². The molecule has 0 aromatic carbocycles. The molecule has 1 saturated carbocycles. The van der Waals surface area contributed by atoms with E-state index in [2.05, 4.69) is 15.6 Å². The van der Waals surface area contributed by atoms with E-state index in [1.54, 1.807) is 11.3 Å². The Hall–Kier alpha value is -1.10. The third kappa shape index (κ3) is 3.81. The Balaban J connectivity index is 1.55. The predicted octanol–water partition coefficient (Wildman–Crippen LogP) is 1.92. The topological polar surface area (TPSA) is 54.0 Å². The highest BCUT2D eigenvalue weighted by Gasteiger charge is 2.22. The monoisotopic (exact) mass is 239 g/mol. The zero-order chi connectivity index (χ0) is 11.4. The van der Waals surface area contributed by atoms with Gasteiger partial charge in [-0.15, -0.1) is 11.3 Å². The van der Waals surface area contributed by atoms with Gasteiger partial charge in [0, 0.05) is 30.1 Å². The van der Waals surface area contributed by atoms with Crippen molar-refractivity contribution < 1.29 is 4.79 Å². The highest BCUT2D eigenvalue weighted by atomic mass is 32.1. The van der Waals surface area contributed by atoms with Crippen molar-refractivity contribution >= 4 is 22.4 Å². The van der Waals surface area contributed by atoms with Gasteiger partial charge in [-0.25, -0.2) is 4.98 Å². The van der Waals surface area contributed by atoms with E-state index in [0.717, 1.165) is 30.9 Å². The summed E-state index contributed by atoms with van der Waals surface area (Å²) < 4.78 is 0. The molecule has 0 spiro atoms. The molecule has 0 aliphatic heterocycles. The van der Waals surface area contributed by atoms with Crippen molar-refractivity contribution in [3.63, 3.8) is 0 Å². The van der Waals surface area contributed by atoms with Crippen LogP contribution < -0.4 is 10.6 Å². The second kappa shape index (κ2) is 5.30. The number of rotatable bonds is 6. The number of amides is 1. The highest BCUT2D eigenvalue weighted by molar-refractivity contribution is 7.15. The number of thiazole rings is 1. The number of hydrogen-bond acceptors (Lipinski definition) is 4. The van der Waals surface area contributed by atoms with Crippen LogP contribution in [0.4, 0.5) is 5.13 Å². The summed E-state index contributed by atoms with van der Waals surface area (Å²) in [5.74, 6) is 0.180. The maximum absolute atomic E-state index is 11.4. The van der Waals surface area contributed by atoms with Crippen LogP contribution in [0.2, 0.25) is 0 Å². The van der Waals surface area contributed by atoms with Crippen LogP contribution in [0.3, 0.4) is 0 Å². The van der Waals surface area contributed by atoms with Gasteiger partial charge < -0.3 is 10.6 Å². The van der Waals surface area contributed by atoms with Gasteiger partial charge in [-0.3, -0.25) is 4.79 Å². The van der Waals surface area contributed by atoms with Crippen LogP contribution in [0.1, 0.15) is 30.6 Å². The first-order chi connectivity index (χ1) is 7.74. The van der Waals surface area contributed by atoms with Gasteiger partial charge >= 0.3 is 0 Å². The van der Waals surface area contributed by atoms with E-state index in [0.29, 0.717) is 12.5 Å². The molecule has 0 saturated heterocycles. The molecule has 16 heavy (non-hydrogen) atoms. The lowest BCUT2D eigenvalue weighted by Crippen LogP contribution is -2.25. The summed E-state index contributed by atoms with van der Waals surface area (Å²) in [4.78, 5) is 16.8. The molecule has 4 nitrogen and oxygen atoms in total. The van der Waals surface area contributed by atoms with Gasteiger partial charge in [0.1, 0.15) is 0 Å². The molecule has 0 unspecified atom stereocenters. The number of nitrogens with zero attached hydrogens (tertiary/aromatic N) is 1. The number of anilines is 1. The lowest BCUT2D eigenvalue weighted by Gasteiger charge is -2.03. The minimum absolute atomic E-state index is 0.180. The first-order valence-electron chi connectivity index (χ1n) is 5.70. The minimum atomic E-state index is 0.180. The summed E-state index contributed by atoms with van der Waals surface area (Å²) in [6.45, 7) is 2.84. The molecular weight excluding hydrogens is 222 g/mol. The molecule has 0 bridgehead atoms. The number of aryl methyl sites for hydroxylation is 1. The van der Waals surface area contributed by atoms with Crippen LogP contribution in [0, 0.1) is 6.92 Å². The van der Waals surface area contributed by atoms with E-state index in [4.69, 9.17) is 0 Å². The molecule has 2 N–H and O–H groups in total. The highest BCUT2D eigenvalue weighted by Crippen LogP contribution is 2.19. The number of carbonyl (C=O) groups excluding carboxylic acids is 1. The van der Waals surface area contributed by atoms with Crippen LogP contribution in [-0.2, 0) is 4.79 Å². The summed E-state index contributed by atoms with van der Waals surface area (Å²) in [7, 11) is 0. The molecule has 1 amide bonds. The fourth-order valence-corrected chi connectivity index (χ4v) is 2.10. The quantitative estimate of drug-likeness (QED) is 0.746. The molecule has 0 atom stereocenters. The van der Waals surface area contributed by atoms with E-state index in [1.807, 2.05) is 13.1 Å². The molecule has 88 valence electrons. The van der Waals surface area contributed by atoms with Crippen LogP contribution in [0.25, 0.3) is 0 Å². The zero-order valence-corrected chi connectivity index (χ0v) is 10.3. The Labute approximate surface area is 99.5 Å². The van der Waals surface area contributed by atoms with Gasteiger partial charge in [-0.1, -0.05) is 0 Å². The van der Waals surface area contributed by atoms with E-state index in [1.165, 1.54) is 4.88 Å². The van der Waals surface area contributed by atoms with E-state index < -0.39 is 0 Å². The average Bonchev–Trinajstić information content (AvgIpc) is 2.95. The van der Waals surface area contributed by atoms with Crippen molar-refractivity contribution in [3.05, 3.63) is 11.1 Å². The Morgan fingerprint density at radius 3 is 3.06 bits per heavy atom. The summed E-state index contributed by atoms with van der Waals surface area (Å²) in [6.07, 6.45) is 5.63. The second-order valence-corrected chi connectivity index (χ2v) is 5.38. The molecule has 1 fully saturated rings. The Morgan fingerprint density at radius 2 is 2.44 bits per heavy atom. The fourth-order valence-electron chi connectivity index (χ4n) is 1.41. The van der Waals surface area contributed by atoms with Crippen molar-refractivity contribution in [3.8, 4) is 0 Å². The number of aromatic nitrogens is 1. The predicted molar refractivity (Wildman–Crippen MR) is 65.7 cm³/mol. The van der Waals surface area contributed by atoms with Gasteiger partial charge in [0.15, 0.2) is 5.13 Å². The van der Waals surface area contributed by atoms with Crippen molar-refractivity contribution in [2.75, 3.05) is 11.9 Å². The third-order valence-corrected chi connectivity index (χ3v) is 3.29. The van der Waals surface area contributed by atoms with Gasteiger partial charge in [-0.2, -0.15) is 0 Å². The molecule has 5 heteroatoms. The van der Waals surface area contributed by atoms with E-state index >= 15 is 0 Å². The molecule has 1 aliphatic rings. The van der Waals surface area contributed by atoms with Crippen molar-refractivity contribution in [1.82, 2.24) is 10.3 Å². The number of hydrogen-bond donors (Lipinski definition) is 2. The van der Waals surface area contributed by atoms with E-state index in [-0.39, 0.29) is 5.91 Å². The van der Waals surface area contributed by atoms with Gasteiger partial charge in [-0.05, 0) is 26.2 Å². The Kier molecular flexibility index (Phi) is 3.77. The molecule has 0 radical (unpaired) electrons. The maximum Gasteiger partial charge on any atom is 0.220 e. The Morgan fingerprint density at radius 1 is 1.62 bits per heavy atom. The molecule has 1 aromatic rings. The van der Waals surface area contributed by atoms with Crippen molar-refractivity contribution in [1.29, 1.82) is 0 Å². The van der Waals surface area contributed by atoms with Crippen molar-refractivity contribution in [2.24, 2.45) is 0 Å². The van der Waals surface area contributed by atoms with Crippen LogP contribution >= 0.6 is 11.3 Å². The normalized spacial score (nSPS) is 14.8. The third-order valence-electron chi connectivity index (χ3n) is 2.42. The molecule has 1 heterocycles. The summed E-state index contributed by atoms with van der Waals surface area (Å²) in [5.41, 5.74) is 0. The fraction of sp³-hybridized carbons (Fsp3) is 0.636. The molecule has 2 rings (SSSR count). The van der Waals surface area contributed by atoms with Crippen LogP contribution in [-0.4, -0.2) is 23.5 Å². The molecular formula is C11H17N3OS. The first-order valence-corrected chi connectivity index (χ1v) is 6.51. The van der Waals surface area contributed by atoms with E-state index in [9.17, 15) is 4.79 Å². The zero-order valence-electron chi connectivity index (χ0n) is 9.45. The average molecular weight is 239 g/mol. The first kappa shape index (κ1) is 11.4. The number of nitrogens with one attached hydrogen (secondary N) is 2. The lowest BCUT2D eigenvalue weighted by atomic mass is 10.3. The second-order valence-electron chi connectivity index (χ2n) is 4.15. The lowest BCUT2D eigenvalue weighted by molar-refractivity contribution is -0.121. The minimum Gasteiger partial charge on any atom is -0.362 e. The summed E-state index contributed by atoms with van der Waals surface area (Å²) in [6, 6.07) is 0.474. The Bertz CT molecular complexity index is 360. The van der Waals surface area contributed by atoms with Gasteiger partial charge in [0.2, 0.25) is 5.91 Å². The van der Waals surface area contributed by atoms with Gasteiger partial charge in [0.25, 0.3) is 0 Å². The van der Waals surface area contributed by atoms with Crippen LogP contribution in [0.15, 0.2) is 6.20 Å². The largest absolute Gasteiger partial charge is 0.362 e. The standard InChI is InChI=1S/C11H17N3OS/c1-8-7-13-11(16-8)12-6-2-3-10(15)14-9-4-5-9/h7,9H,2-6H2,1H3,(H,12,13)(H,14,15). The summed E-state index contributed by atoms with van der Waals surface area (Å²) >= 11 is 1.64. The number of carbonyl (C=O) groups is 1. The SMILES string of the molecule is Cc1cnc(NCCCC(=O)NC2CC2)s1.